The van der Waals surface area contributed by atoms with Crippen LogP contribution in [0.3, 0.4) is 0 Å². The van der Waals surface area contributed by atoms with Crippen molar-refractivity contribution in [3.05, 3.63) is 84.4 Å². The van der Waals surface area contributed by atoms with Crippen molar-refractivity contribution in [3.8, 4) is 22.6 Å². The molecule has 7 heteroatoms. The Balaban J connectivity index is 1.31. The van der Waals surface area contributed by atoms with Gasteiger partial charge in [-0.1, -0.05) is 72.4 Å². The van der Waals surface area contributed by atoms with Crippen LogP contribution in [0.1, 0.15) is 5.56 Å². The average Bonchev–Trinajstić information content (AvgIpc) is 3.26. The highest BCUT2D eigenvalue weighted by Gasteiger charge is 2.14. The van der Waals surface area contributed by atoms with Gasteiger partial charge in [-0.3, -0.25) is 0 Å². The van der Waals surface area contributed by atoms with Gasteiger partial charge in [0.1, 0.15) is 12.4 Å². The lowest BCUT2D eigenvalue weighted by molar-refractivity contribution is 0.126. The van der Waals surface area contributed by atoms with E-state index in [0.717, 1.165) is 28.1 Å². The highest BCUT2D eigenvalue weighted by atomic mass is 32.2. The number of hydrogen-bond acceptors (Lipinski definition) is 6. The summed E-state index contributed by atoms with van der Waals surface area (Å²) in [5.74, 6) is 1.15. The SMILES string of the molecule is Cc1ccccc1-n1nnnc1SCC(O)COc1ccc(-c2ccccc2)cc1. The summed E-state index contributed by atoms with van der Waals surface area (Å²) in [6.07, 6.45) is -0.647. The maximum absolute atomic E-state index is 10.3. The van der Waals surface area contributed by atoms with Crippen molar-refractivity contribution in [3.63, 3.8) is 0 Å². The van der Waals surface area contributed by atoms with Crippen molar-refractivity contribution in [2.24, 2.45) is 0 Å². The second kappa shape index (κ2) is 9.56. The van der Waals surface area contributed by atoms with Crippen LogP contribution in [0.15, 0.2) is 84.0 Å². The molecule has 0 spiro atoms. The summed E-state index contributed by atoms with van der Waals surface area (Å²) in [5, 5.41) is 22.9. The quantitative estimate of drug-likeness (QED) is 0.433. The third-order valence-electron chi connectivity index (χ3n) is 4.59. The molecule has 0 fully saturated rings. The molecule has 152 valence electrons. The summed E-state index contributed by atoms with van der Waals surface area (Å²) in [6, 6.07) is 25.9. The van der Waals surface area contributed by atoms with Crippen molar-refractivity contribution in [2.45, 2.75) is 18.2 Å². The number of aliphatic hydroxyl groups excluding tert-OH is 1. The normalized spacial score (nSPS) is 11.9. The molecule has 0 aliphatic carbocycles. The number of para-hydroxylation sites is 1. The van der Waals surface area contributed by atoms with Gasteiger partial charge in [-0.15, -0.1) is 5.10 Å². The molecule has 1 aromatic heterocycles. The monoisotopic (exact) mass is 418 g/mol. The van der Waals surface area contributed by atoms with Gasteiger partial charge in [0, 0.05) is 5.75 Å². The zero-order chi connectivity index (χ0) is 20.8. The lowest BCUT2D eigenvalue weighted by atomic mass is 10.1. The van der Waals surface area contributed by atoms with Crippen molar-refractivity contribution in [1.82, 2.24) is 20.2 Å². The maximum Gasteiger partial charge on any atom is 0.214 e. The highest BCUT2D eigenvalue weighted by molar-refractivity contribution is 7.99. The summed E-state index contributed by atoms with van der Waals surface area (Å²) in [7, 11) is 0. The van der Waals surface area contributed by atoms with Gasteiger partial charge in [0.15, 0.2) is 0 Å². The van der Waals surface area contributed by atoms with Crippen LogP contribution in [0.25, 0.3) is 16.8 Å². The lowest BCUT2D eigenvalue weighted by Gasteiger charge is -2.13. The van der Waals surface area contributed by atoms with E-state index in [2.05, 4.69) is 27.7 Å². The Morgan fingerprint density at radius 2 is 1.63 bits per heavy atom. The summed E-state index contributed by atoms with van der Waals surface area (Å²) in [6.45, 7) is 2.21. The molecule has 0 aliphatic heterocycles. The first-order valence-corrected chi connectivity index (χ1v) is 10.6. The van der Waals surface area contributed by atoms with Gasteiger partial charge in [0.05, 0.1) is 11.8 Å². The number of ether oxygens (including phenoxy) is 1. The van der Waals surface area contributed by atoms with Gasteiger partial charge in [-0.05, 0) is 52.2 Å². The molecule has 1 unspecified atom stereocenters. The van der Waals surface area contributed by atoms with Crippen LogP contribution in [0.4, 0.5) is 0 Å². The number of aliphatic hydroxyl groups is 1. The predicted molar refractivity (Wildman–Crippen MR) is 118 cm³/mol. The van der Waals surface area contributed by atoms with Crippen molar-refractivity contribution >= 4 is 11.8 Å². The third kappa shape index (κ3) is 4.87. The number of aromatic nitrogens is 4. The maximum atomic E-state index is 10.3. The van der Waals surface area contributed by atoms with Gasteiger partial charge in [0.2, 0.25) is 5.16 Å². The number of rotatable bonds is 8. The Hall–Kier alpha value is -3.16. The molecule has 0 bridgehead atoms. The van der Waals surface area contributed by atoms with Crippen molar-refractivity contribution in [2.75, 3.05) is 12.4 Å². The van der Waals surface area contributed by atoms with E-state index in [1.807, 2.05) is 73.7 Å². The van der Waals surface area contributed by atoms with Gasteiger partial charge in [-0.2, -0.15) is 4.68 Å². The minimum Gasteiger partial charge on any atom is -0.491 e. The van der Waals surface area contributed by atoms with Crippen LogP contribution >= 0.6 is 11.8 Å². The average molecular weight is 419 g/mol. The summed E-state index contributed by atoms with van der Waals surface area (Å²) < 4.78 is 7.43. The number of nitrogens with zero attached hydrogens (tertiary/aromatic N) is 4. The lowest BCUT2D eigenvalue weighted by Crippen LogP contribution is -2.20. The predicted octanol–water partition coefficient (Wildman–Crippen LogP) is 4.17. The van der Waals surface area contributed by atoms with Crippen LogP contribution in [0.2, 0.25) is 0 Å². The van der Waals surface area contributed by atoms with E-state index in [1.165, 1.54) is 11.8 Å². The molecule has 3 aromatic carbocycles. The fourth-order valence-corrected chi connectivity index (χ4v) is 3.80. The van der Waals surface area contributed by atoms with Crippen molar-refractivity contribution in [1.29, 1.82) is 0 Å². The van der Waals surface area contributed by atoms with E-state index in [0.29, 0.717) is 10.9 Å². The molecule has 0 aliphatic rings. The zero-order valence-corrected chi connectivity index (χ0v) is 17.4. The fourth-order valence-electron chi connectivity index (χ4n) is 3.01. The fraction of sp³-hybridized carbons (Fsp3) is 0.174. The van der Waals surface area contributed by atoms with E-state index in [-0.39, 0.29) is 6.61 Å². The van der Waals surface area contributed by atoms with Crippen LogP contribution in [0.5, 0.6) is 5.75 Å². The molecule has 4 rings (SSSR count). The first kappa shape index (κ1) is 20.1. The van der Waals surface area contributed by atoms with Crippen LogP contribution in [-0.4, -0.2) is 43.8 Å². The first-order valence-electron chi connectivity index (χ1n) is 9.64. The molecule has 6 nitrogen and oxygen atoms in total. The van der Waals surface area contributed by atoms with Crippen LogP contribution in [0, 0.1) is 6.92 Å². The standard InChI is InChI=1S/C23H22N4O2S/c1-17-7-5-6-10-22(17)27-23(24-25-26-27)30-16-20(28)15-29-21-13-11-19(12-14-21)18-8-3-2-4-9-18/h2-14,20,28H,15-16H2,1H3. The Morgan fingerprint density at radius 3 is 2.40 bits per heavy atom. The molecular weight excluding hydrogens is 396 g/mol. The minimum atomic E-state index is -0.647. The third-order valence-corrected chi connectivity index (χ3v) is 5.66. The summed E-state index contributed by atoms with van der Waals surface area (Å²) >= 11 is 1.40. The Kier molecular flexibility index (Phi) is 6.41. The number of thioether (sulfide) groups is 1. The van der Waals surface area contributed by atoms with Gasteiger partial charge in [-0.25, -0.2) is 0 Å². The second-order valence-corrected chi connectivity index (χ2v) is 7.81. The molecular formula is C23H22N4O2S. The molecule has 1 atom stereocenters. The molecule has 4 aromatic rings. The number of tetrazole rings is 1. The van der Waals surface area contributed by atoms with E-state index in [4.69, 9.17) is 4.74 Å². The molecule has 0 amide bonds. The minimum absolute atomic E-state index is 0.198. The van der Waals surface area contributed by atoms with Gasteiger partial charge < -0.3 is 9.84 Å². The van der Waals surface area contributed by atoms with E-state index in [1.54, 1.807) is 4.68 Å². The topological polar surface area (TPSA) is 73.1 Å². The molecule has 0 radical (unpaired) electrons. The second-order valence-electron chi connectivity index (χ2n) is 6.83. The Morgan fingerprint density at radius 1 is 0.933 bits per heavy atom. The molecule has 1 heterocycles. The number of aryl methyl sites for hydroxylation is 1. The summed E-state index contributed by atoms with van der Waals surface area (Å²) in [4.78, 5) is 0. The number of hydrogen-bond donors (Lipinski definition) is 1. The number of benzene rings is 3. The smallest absolute Gasteiger partial charge is 0.214 e. The highest BCUT2D eigenvalue weighted by Crippen LogP contribution is 2.23. The van der Waals surface area contributed by atoms with Crippen molar-refractivity contribution < 1.29 is 9.84 Å². The molecule has 0 saturated carbocycles. The van der Waals surface area contributed by atoms with Gasteiger partial charge in [0.25, 0.3) is 0 Å². The van der Waals surface area contributed by atoms with E-state index >= 15 is 0 Å². The largest absolute Gasteiger partial charge is 0.491 e. The van der Waals surface area contributed by atoms with Crippen LogP contribution in [-0.2, 0) is 0 Å². The first-order chi connectivity index (χ1) is 14.7. The molecule has 1 N–H and O–H groups in total. The molecule has 0 saturated heterocycles. The molecule has 30 heavy (non-hydrogen) atoms. The summed E-state index contributed by atoms with van der Waals surface area (Å²) in [5.41, 5.74) is 4.29. The Bertz CT molecular complexity index is 1080. The Labute approximate surface area is 179 Å². The van der Waals surface area contributed by atoms with E-state index < -0.39 is 6.10 Å². The van der Waals surface area contributed by atoms with Crippen LogP contribution < -0.4 is 4.74 Å². The zero-order valence-electron chi connectivity index (χ0n) is 16.5. The van der Waals surface area contributed by atoms with E-state index in [9.17, 15) is 5.11 Å². The van der Waals surface area contributed by atoms with Gasteiger partial charge >= 0.3 is 0 Å².